The molecule has 6 nitrogen and oxygen atoms in total. The van der Waals surface area contributed by atoms with Gasteiger partial charge in [-0.05, 0) is 31.5 Å². The molecule has 1 atom stereocenters. The summed E-state index contributed by atoms with van der Waals surface area (Å²) >= 11 is 0. The molecule has 130 valence electrons. The van der Waals surface area contributed by atoms with Crippen LogP contribution in [0.2, 0.25) is 0 Å². The Kier molecular flexibility index (Phi) is 6.81. The number of anilines is 1. The average Bonchev–Trinajstić information content (AvgIpc) is 2.60. The van der Waals surface area contributed by atoms with Crippen molar-refractivity contribution in [3.63, 3.8) is 0 Å². The van der Waals surface area contributed by atoms with Gasteiger partial charge in [0, 0.05) is 31.9 Å². The van der Waals surface area contributed by atoms with Gasteiger partial charge < -0.3 is 21.3 Å². The number of carbonyl (C=O) groups is 2. The number of benzene rings is 1. The maximum atomic E-state index is 12.4. The second kappa shape index (κ2) is 9.08. The first-order valence-electron chi connectivity index (χ1n) is 8.35. The molecule has 1 heterocycles. The quantitative estimate of drug-likeness (QED) is 0.625. The number of piperidine rings is 1. The van der Waals surface area contributed by atoms with E-state index in [-0.39, 0.29) is 17.7 Å². The largest absolute Gasteiger partial charge is 0.381 e. The zero-order chi connectivity index (χ0) is 17.4. The second-order valence-electron chi connectivity index (χ2n) is 6.01. The Bertz CT molecular complexity index is 588. The van der Waals surface area contributed by atoms with Crippen molar-refractivity contribution in [1.82, 2.24) is 10.2 Å². The molecular formula is C18H26N4O2. The van der Waals surface area contributed by atoms with Crippen LogP contribution < -0.4 is 16.4 Å². The highest BCUT2D eigenvalue weighted by Gasteiger charge is 2.23. The number of likely N-dealkylation sites (tertiary alicyclic amines) is 1. The van der Waals surface area contributed by atoms with Gasteiger partial charge in [0.25, 0.3) is 5.91 Å². The maximum Gasteiger partial charge on any atom is 0.253 e. The highest BCUT2D eigenvalue weighted by molar-refractivity contribution is 5.99. The molecule has 1 aromatic rings. The summed E-state index contributed by atoms with van der Waals surface area (Å²) in [5, 5.41) is 6.11. The van der Waals surface area contributed by atoms with Crippen LogP contribution >= 0.6 is 0 Å². The van der Waals surface area contributed by atoms with Gasteiger partial charge in [-0.2, -0.15) is 0 Å². The van der Waals surface area contributed by atoms with E-state index >= 15 is 0 Å². The summed E-state index contributed by atoms with van der Waals surface area (Å²) in [5.74, 6) is -0.408. The fraction of sp³-hybridized carbons (Fsp3) is 0.444. The molecule has 0 bridgehead atoms. The minimum absolute atomic E-state index is 0.0710. The van der Waals surface area contributed by atoms with Crippen molar-refractivity contribution in [3.05, 3.63) is 42.5 Å². The Morgan fingerprint density at radius 1 is 1.38 bits per heavy atom. The molecule has 0 unspecified atom stereocenters. The predicted octanol–water partition coefficient (Wildman–Crippen LogP) is 1.21. The zero-order valence-corrected chi connectivity index (χ0v) is 14.0. The first kappa shape index (κ1) is 18.0. The summed E-state index contributed by atoms with van der Waals surface area (Å²) in [6.45, 7) is 7.16. The smallest absolute Gasteiger partial charge is 0.253 e. The summed E-state index contributed by atoms with van der Waals surface area (Å²) < 4.78 is 0. The van der Waals surface area contributed by atoms with Crippen LogP contribution in [-0.2, 0) is 4.79 Å². The van der Waals surface area contributed by atoms with Crippen LogP contribution in [0.3, 0.4) is 0 Å². The van der Waals surface area contributed by atoms with Crippen LogP contribution in [-0.4, -0.2) is 49.4 Å². The number of nitrogens with two attached hydrogens (primary N) is 1. The van der Waals surface area contributed by atoms with Gasteiger partial charge in [0.15, 0.2) is 0 Å². The van der Waals surface area contributed by atoms with Crippen molar-refractivity contribution in [2.24, 2.45) is 11.7 Å². The van der Waals surface area contributed by atoms with E-state index in [1.54, 1.807) is 12.1 Å². The number of rotatable bonds is 8. The van der Waals surface area contributed by atoms with Gasteiger partial charge in [0.1, 0.15) is 0 Å². The SMILES string of the molecule is C=CCNc1ccccc1C(=O)NCCN1CCC[C@@H](C(N)=O)C1. The number of para-hydroxylation sites is 1. The van der Waals surface area contributed by atoms with Gasteiger partial charge in [0.2, 0.25) is 5.91 Å². The summed E-state index contributed by atoms with van der Waals surface area (Å²) in [7, 11) is 0. The Morgan fingerprint density at radius 3 is 2.92 bits per heavy atom. The van der Waals surface area contributed by atoms with Crippen LogP contribution in [0.4, 0.5) is 5.69 Å². The Labute approximate surface area is 143 Å². The van der Waals surface area contributed by atoms with E-state index in [2.05, 4.69) is 22.1 Å². The van der Waals surface area contributed by atoms with Gasteiger partial charge in [0.05, 0.1) is 11.5 Å². The van der Waals surface area contributed by atoms with Gasteiger partial charge in [-0.25, -0.2) is 0 Å². The molecule has 0 aromatic heterocycles. The maximum absolute atomic E-state index is 12.4. The molecule has 0 saturated carbocycles. The first-order chi connectivity index (χ1) is 11.6. The minimum Gasteiger partial charge on any atom is -0.381 e. The van der Waals surface area contributed by atoms with Crippen molar-refractivity contribution in [3.8, 4) is 0 Å². The van der Waals surface area contributed by atoms with E-state index < -0.39 is 0 Å². The van der Waals surface area contributed by atoms with Gasteiger partial charge in [-0.15, -0.1) is 6.58 Å². The van der Waals surface area contributed by atoms with Crippen molar-refractivity contribution in [2.75, 3.05) is 38.0 Å². The number of primary amides is 1. The lowest BCUT2D eigenvalue weighted by atomic mass is 9.97. The molecule has 2 rings (SSSR count). The Hall–Kier alpha value is -2.34. The summed E-state index contributed by atoms with van der Waals surface area (Å²) in [4.78, 5) is 25.9. The van der Waals surface area contributed by atoms with E-state index in [9.17, 15) is 9.59 Å². The third-order valence-corrected chi connectivity index (χ3v) is 4.23. The molecule has 1 aliphatic heterocycles. The lowest BCUT2D eigenvalue weighted by Gasteiger charge is -2.31. The zero-order valence-electron chi connectivity index (χ0n) is 14.0. The first-order valence-corrected chi connectivity index (χ1v) is 8.35. The van der Waals surface area contributed by atoms with Crippen LogP contribution in [0.1, 0.15) is 23.2 Å². The van der Waals surface area contributed by atoms with Crippen LogP contribution in [0.5, 0.6) is 0 Å². The normalized spacial score (nSPS) is 17.9. The van der Waals surface area contributed by atoms with Gasteiger partial charge >= 0.3 is 0 Å². The lowest BCUT2D eigenvalue weighted by molar-refractivity contribution is -0.123. The minimum atomic E-state index is -0.231. The van der Waals surface area contributed by atoms with Crippen LogP contribution in [0.25, 0.3) is 0 Å². The molecule has 0 aliphatic carbocycles. The second-order valence-corrected chi connectivity index (χ2v) is 6.01. The summed E-state index contributed by atoms with van der Waals surface area (Å²) in [6.07, 6.45) is 3.58. The fourth-order valence-electron chi connectivity index (χ4n) is 2.93. The number of amides is 2. The van der Waals surface area contributed by atoms with Crippen LogP contribution in [0, 0.1) is 5.92 Å². The molecule has 0 radical (unpaired) electrons. The van der Waals surface area contributed by atoms with E-state index in [4.69, 9.17) is 5.73 Å². The monoisotopic (exact) mass is 330 g/mol. The van der Waals surface area contributed by atoms with Crippen molar-refractivity contribution in [2.45, 2.75) is 12.8 Å². The molecule has 24 heavy (non-hydrogen) atoms. The van der Waals surface area contributed by atoms with Gasteiger partial charge in [-0.1, -0.05) is 18.2 Å². The molecule has 2 amide bonds. The third-order valence-electron chi connectivity index (χ3n) is 4.23. The third kappa shape index (κ3) is 5.09. The summed E-state index contributed by atoms with van der Waals surface area (Å²) in [6, 6.07) is 7.40. The van der Waals surface area contributed by atoms with Crippen molar-refractivity contribution in [1.29, 1.82) is 0 Å². The van der Waals surface area contributed by atoms with E-state index in [1.165, 1.54) is 0 Å². The number of hydrogen-bond acceptors (Lipinski definition) is 4. The predicted molar refractivity (Wildman–Crippen MR) is 95.8 cm³/mol. The number of nitrogens with zero attached hydrogens (tertiary/aromatic N) is 1. The molecule has 6 heteroatoms. The van der Waals surface area contributed by atoms with E-state index in [0.29, 0.717) is 25.2 Å². The molecule has 1 aromatic carbocycles. The molecule has 4 N–H and O–H groups in total. The Balaban J connectivity index is 1.83. The molecule has 0 spiro atoms. The van der Waals surface area contributed by atoms with E-state index in [1.807, 2.05) is 18.2 Å². The van der Waals surface area contributed by atoms with E-state index in [0.717, 1.165) is 31.6 Å². The summed E-state index contributed by atoms with van der Waals surface area (Å²) in [5.41, 5.74) is 6.80. The molecule has 1 saturated heterocycles. The molecule has 1 fully saturated rings. The average molecular weight is 330 g/mol. The number of carbonyl (C=O) groups excluding carboxylic acids is 2. The highest BCUT2D eigenvalue weighted by Crippen LogP contribution is 2.16. The van der Waals surface area contributed by atoms with Crippen molar-refractivity contribution >= 4 is 17.5 Å². The topological polar surface area (TPSA) is 87.5 Å². The van der Waals surface area contributed by atoms with Crippen LogP contribution in [0.15, 0.2) is 36.9 Å². The standard InChI is InChI=1S/C18H26N4O2/c1-2-9-20-16-8-4-3-7-15(16)18(24)21-10-12-22-11-5-6-14(13-22)17(19)23/h2-4,7-8,14,20H,1,5-6,9-13H2,(H2,19,23)(H,21,24)/t14-/m1/s1. The molecular weight excluding hydrogens is 304 g/mol. The fourth-order valence-corrected chi connectivity index (χ4v) is 2.93. The highest BCUT2D eigenvalue weighted by atomic mass is 16.2. The molecule has 1 aliphatic rings. The number of nitrogens with one attached hydrogen (secondary N) is 2. The van der Waals surface area contributed by atoms with Crippen molar-refractivity contribution < 1.29 is 9.59 Å². The lowest BCUT2D eigenvalue weighted by Crippen LogP contribution is -2.44. The van der Waals surface area contributed by atoms with Gasteiger partial charge in [-0.3, -0.25) is 9.59 Å². The Morgan fingerprint density at radius 2 is 2.17 bits per heavy atom. The number of hydrogen-bond donors (Lipinski definition) is 3.